The topological polar surface area (TPSA) is 92.4 Å². The van der Waals surface area contributed by atoms with Gasteiger partial charge in [0, 0.05) is 5.69 Å². The van der Waals surface area contributed by atoms with Crippen molar-refractivity contribution < 1.29 is 13.5 Å². The lowest BCUT2D eigenvalue weighted by Gasteiger charge is -2.30. The monoisotopic (exact) mass is 300 g/mol. The van der Waals surface area contributed by atoms with Crippen molar-refractivity contribution in [3.63, 3.8) is 0 Å². The van der Waals surface area contributed by atoms with Crippen LogP contribution in [0.1, 0.15) is 37.8 Å². The molecule has 0 amide bonds. The van der Waals surface area contributed by atoms with Crippen molar-refractivity contribution >= 4 is 15.7 Å². The number of aryl methyl sites for hydroxylation is 1. The molecule has 0 fully saturated rings. The zero-order valence-corrected chi connectivity index (χ0v) is 13.3. The van der Waals surface area contributed by atoms with Gasteiger partial charge in [0.2, 0.25) is 10.0 Å². The molecule has 0 saturated carbocycles. The summed E-state index contributed by atoms with van der Waals surface area (Å²) in [6.45, 7) is 7.13. The van der Waals surface area contributed by atoms with Gasteiger partial charge in [-0.1, -0.05) is 13.8 Å². The first-order valence-electron chi connectivity index (χ1n) is 6.73. The fourth-order valence-corrected chi connectivity index (χ4v) is 3.66. The van der Waals surface area contributed by atoms with Gasteiger partial charge >= 0.3 is 0 Å². The lowest BCUT2D eigenvalue weighted by molar-refractivity contribution is 0.172. The van der Waals surface area contributed by atoms with E-state index in [1.807, 2.05) is 27.7 Å². The van der Waals surface area contributed by atoms with Crippen molar-refractivity contribution in [1.82, 2.24) is 4.72 Å². The zero-order chi connectivity index (χ0) is 15.6. The predicted molar refractivity (Wildman–Crippen MR) is 81.0 cm³/mol. The maximum atomic E-state index is 12.5. The summed E-state index contributed by atoms with van der Waals surface area (Å²) in [6.07, 6.45) is 1.03. The molecule has 1 aromatic carbocycles. The Kier molecular flexibility index (Phi) is 5.18. The third-order valence-electron chi connectivity index (χ3n) is 4.00. The van der Waals surface area contributed by atoms with Gasteiger partial charge in [-0.3, -0.25) is 0 Å². The minimum absolute atomic E-state index is 0.137. The van der Waals surface area contributed by atoms with E-state index >= 15 is 0 Å². The number of nitrogens with two attached hydrogens (primary N) is 1. The summed E-state index contributed by atoms with van der Waals surface area (Å²) in [5, 5.41) is 9.49. The van der Waals surface area contributed by atoms with Crippen molar-refractivity contribution in [2.75, 3.05) is 12.3 Å². The SMILES string of the molecule is CCC(CC)(CO)NS(=O)(=O)c1cc(C)c(C)c(N)c1. The standard InChI is InChI=1S/C14H24N2O3S/c1-5-14(6-2,9-17)16-20(18,19)12-7-10(3)11(4)13(15)8-12/h7-8,16-17H,5-6,9,15H2,1-4H3. The average molecular weight is 300 g/mol. The first-order valence-corrected chi connectivity index (χ1v) is 8.21. The molecule has 0 spiro atoms. The van der Waals surface area contributed by atoms with E-state index in [2.05, 4.69) is 4.72 Å². The molecule has 0 aliphatic rings. The quantitative estimate of drug-likeness (QED) is 0.697. The summed E-state index contributed by atoms with van der Waals surface area (Å²) in [5.74, 6) is 0. The summed E-state index contributed by atoms with van der Waals surface area (Å²) >= 11 is 0. The van der Waals surface area contributed by atoms with Gasteiger partial charge in [-0.25, -0.2) is 13.1 Å². The second kappa shape index (κ2) is 6.11. The molecule has 6 heteroatoms. The molecule has 0 heterocycles. The molecule has 0 aliphatic carbocycles. The van der Waals surface area contributed by atoms with Gasteiger partial charge in [0.05, 0.1) is 17.0 Å². The molecular weight excluding hydrogens is 276 g/mol. The number of sulfonamides is 1. The average Bonchev–Trinajstić information content (AvgIpc) is 2.41. The number of nitrogens with one attached hydrogen (secondary N) is 1. The van der Waals surface area contributed by atoms with Crippen molar-refractivity contribution in [3.05, 3.63) is 23.3 Å². The van der Waals surface area contributed by atoms with Crippen LogP contribution in [0.4, 0.5) is 5.69 Å². The Hall–Kier alpha value is -1.11. The van der Waals surface area contributed by atoms with Crippen LogP contribution in [0.15, 0.2) is 17.0 Å². The molecule has 0 atom stereocenters. The minimum atomic E-state index is -3.71. The Bertz CT molecular complexity index is 547. The molecule has 1 rings (SSSR count). The van der Waals surface area contributed by atoms with E-state index in [1.165, 1.54) is 6.07 Å². The van der Waals surface area contributed by atoms with Gasteiger partial charge in [-0.15, -0.1) is 0 Å². The van der Waals surface area contributed by atoms with Crippen molar-refractivity contribution in [1.29, 1.82) is 0 Å². The fraction of sp³-hybridized carbons (Fsp3) is 0.571. The highest BCUT2D eigenvalue weighted by atomic mass is 32.2. The minimum Gasteiger partial charge on any atom is -0.398 e. The van der Waals surface area contributed by atoms with Crippen LogP contribution in [-0.4, -0.2) is 25.7 Å². The zero-order valence-electron chi connectivity index (χ0n) is 12.5. The Balaban J connectivity index is 3.24. The summed E-state index contributed by atoms with van der Waals surface area (Å²) in [6, 6.07) is 3.06. The number of aliphatic hydroxyl groups is 1. The van der Waals surface area contributed by atoms with E-state index in [-0.39, 0.29) is 11.5 Å². The molecule has 0 unspecified atom stereocenters. The Labute approximate surface area is 121 Å². The van der Waals surface area contributed by atoms with Gasteiger partial charge in [-0.2, -0.15) is 0 Å². The van der Waals surface area contributed by atoms with Crippen LogP contribution in [0.2, 0.25) is 0 Å². The highest BCUT2D eigenvalue weighted by Gasteiger charge is 2.31. The number of hydrogen-bond acceptors (Lipinski definition) is 4. The van der Waals surface area contributed by atoms with Gasteiger partial charge in [0.15, 0.2) is 0 Å². The highest BCUT2D eigenvalue weighted by molar-refractivity contribution is 7.89. The van der Waals surface area contributed by atoms with Gasteiger partial charge in [0.25, 0.3) is 0 Å². The van der Waals surface area contributed by atoms with Gasteiger partial charge in [0.1, 0.15) is 0 Å². The van der Waals surface area contributed by atoms with E-state index < -0.39 is 15.6 Å². The van der Waals surface area contributed by atoms with Crippen LogP contribution < -0.4 is 10.5 Å². The van der Waals surface area contributed by atoms with Crippen LogP contribution in [0.3, 0.4) is 0 Å². The fourth-order valence-electron chi connectivity index (χ4n) is 2.00. The first-order chi connectivity index (χ1) is 9.21. The molecule has 4 N–H and O–H groups in total. The smallest absolute Gasteiger partial charge is 0.241 e. The van der Waals surface area contributed by atoms with Crippen LogP contribution in [0, 0.1) is 13.8 Å². The highest BCUT2D eigenvalue weighted by Crippen LogP contribution is 2.24. The molecule has 0 saturated heterocycles. The maximum absolute atomic E-state index is 12.5. The van der Waals surface area contributed by atoms with Crippen molar-refractivity contribution in [3.8, 4) is 0 Å². The molecule has 0 aromatic heterocycles. The summed E-state index contributed by atoms with van der Waals surface area (Å²) in [4.78, 5) is 0.137. The number of rotatable bonds is 6. The first kappa shape index (κ1) is 16.9. The molecule has 0 aliphatic heterocycles. The van der Waals surface area contributed by atoms with E-state index in [4.69, 9.17) is 5.73 Å². The number of benzene rings is 1. The second-order valence-electron chi connectivity index (χ2n) is 5.21. The number of nitrogen functional groups attached to an aromatic ring is 1. The Morgan fingerprint density at radius 1 is 1.25 bits per heavy atom. The lowest BCUT2D eigenvalue weighted by atomic mass is 9.96. The summed E-state index contributed by atoms with van der Waals surface area (Å²) in [7, 11) is -3.71. The largest absolute Gasteiger partial charge is 0.398 e. The van der Waals surface area contributed by atoms with Crippen molar-refractivity contribution in [2.45, 2.75) is 51.0 Å². The lowest BCUT2D eigenvalue weighted by Crippen LogP contribution is -2.50. The summed E-state index contributed by atoms with van der Waals surface area (Å²) < 4.78 is 27.5. The van der Waals surface area contributed by atoms with Crippen LogP contribution in [0.25, 0.3) is 0 Å². The molecule has 20 heavy (non-hydrogen) atoms. The number of anilines is 1. The molecule has 0 radical (unpaired) electrons. The molecule has 0 bridgehead atoms. The van der Waals surface area contributed by atoms with Crippen molar-refractivity contribution in [2.24, 2.45) is 0 Å². The van der Waals surface area contributed by atoms with Crippen LogP contribution in [0.5, 0.6) is 0 Å². The van der Waals surface area contributed by atoms with E-state index in [0.29, 0.717) is 18.5 Å². The molecule has 114 valence electrons. The third kappa shape index (κ3) is 3.31. The van der Waals surface area contributed by atoms with Crippen LogP contribution >= 0.6 is 0 Å². The van der Waals surface area contributed by atoms with Gasteiger partial charge < -0.3 is 10.8 Å². The molecule has 1 aromatic rings. The molecule has 5 nitrogen and oxygen atoms in total. The Morgan fingerprint density at radius 2 is 1.80 bits per heavy atom. The van der Waals surface area contributed by atoms with E-state index in [9.17, 15) is 13.5 Å². The number of aliphatic hydroxyl groups excluding tert-OH is 1. The van der Waals surface area contributed by atoms with E-state index in [1.54, 1.807) is 6.07 Å². The predicted octanol–water partition coefficient (Wildman–Crippen LogP) is 1.72. The maximum Gasteiger partial charge on any atom is 0.241 e. The van der Waals surface area contributed by atoms with Crippen LogP contribution in [-0.2, 0) is 10.0 Å². The summed E-state index contributed by atoms with van der Waals surface area (Å²) in [5.41, 5.74) is 7.17. The normalized spacial score (nSPS) is 12.7. The van der Waals surface area contributed by atoms with E-state index in [0.717, 1.165) is 11.1 Å². The molecular formula is C14H24N2O3S. The second-order valence-corrected chi connectivity index (χ2v) is 6.89. The van der Waals surface area contributed by atoms with Gasteiger partial charge in [-0.05, 0) is 49.9 Å². The number of hydrogen-bond donors (Lipinski definition) is 3. The third-order valence-corrected chi connectivity index (χ3v) is 5.56. The Morgan fingerprint density at radius 3 is 2.20 bits per heavy atom.